The van der Waals surface area contributed by atoms with Crippen molar-refractivity contribution in [2.75, 3.05) is 29.5 Å². The Labute approximate surface area is 122 Å². The summed E-state index contributed by atoms with van der Waals surface area (Å²) in [5.41, 5.74) is 1.84. The summed E-state index contributed by atoms with van der Waals surface area (Å²) in [4.78, 5) is 12.8. The van der Waals surface area contributed by atoms with Gasteiger partial charge in [0.1, 0.15) is 0 Å². The van der Waals surface area contributed by atoms with Crippen molar-refractivity contribution in [2.45, 2.75) is 6.42 Å². The van der Waals surface area contributed by atoms with Crippen molar-refractivity contribution in [3.63, 3.8) is 0 Å². The molecule has 0 saturated carbocycles. The number of benzene rings is 1. The smallest absolute Gasteiger partial charge is 0.328 e. The molecule has 1 aromatic rings. The van der Waals surface area contributed by atoms with E-state index in [9.17, 15) is 4.79 Å². The van der Waals surface area contributed by atoms with Gasteiger partial charge in [0.15, 0.2) is 0 Å². The van der Waals surface area contributed by atoms with E-state index in [4.69, 9.17) is 16.7 Å². The second-order valence-corrected chi connectivity index (χ2v) is 5.96. The second kappa shape index (κ2) is 6.87. The molecule has 1 aromatic carbocycles. The number of nitrogens with zero attached hydrogens (tertiary/aromatic N) is 1. The van der Waals surface area contributed by atoms with Gasteiger partial charge in [-0.3, -0.25) is 0 Å². The number of halogens is 1. The molecule has 1 heterocycles. The zero-order valence-corrected chi connectivity index (χ0v) is 12.1. The highest BCUT2D eigenvalue weighted by atomic mass is 35.5. The van der Waals surface area contributed by atoms with Crippen LogP contribution < -0.4 is 4.90 Å². The highest BCUT2D eigenvalue weighted by Gasteiger charge is 2.11. The van der Waals surface area contributed by atoms with E-state index in [1.807, 2.05) is 30.0 Å². The minimum absolute atomic E-state index is 0.590. The first-order valence-corrected chi connectivity index (χ1v) is 7.73. The number of carboxylic acid groups (broad SMARTS) is 1. The van der Waals surface area contributed by atoms with Gasteiger partial charge in [-0.2, -0.15) is 11.8 Å². The minimum atomic E-state index is -0.968. The van der Waals surface area contributed by atoms with Crippen molar-refractivity contribution in [3.8, 4) is 0 Å². The Morgan fingerprint density at radius 3 is 2.95 bits per heavy atom. The van der Waals surface area contributed by atoms with E-state index < -0.39 is 5.97 Å². The molecule has 0 amide bonds. The fourth-order valence-corrected chi connectivity index (χ4v) is 3.14. The molecule has 5 heteroatoms. The Kier molecular flexibility index (Phi) is 5.16. The molecule has 0 radical (unpaired) electrons. The van der Waals surface area contributed by atoms with Crippen LogP contribution in [-0.4, -0.2) is 35.7 Å². The van der Waals surface area contributed by atoms with Crippen molar-refractivity contribution in [3.05, 3.63) is 34.9 Å². The van der Waals surface area contributed by atoms with Crippen LogP contribution in [0.1, 0.15) is 12.0 Å². The van der Waals surface area contributed by atoms with Gasteiger partial charge in [-0.05, 0) is 35.9 Å². The first kappa shape index (κ1) is 14.3. The maximum Gasteiger partial charge on any atom is 0.328 e. The summed E-state index contributed by atoms with van der Waals surface area (Å²) in [7, 11) is 0. The van der Waals surface area contributed by atoms with Gasteiger partial charge in [0, 0.05) is 35.6 Å². The third-order valence-corrected chi connectivity index (χ3v) is 4.35. The summed E-state index contributed by atoms with van der Waals surface area (Å²) in [6.07, 6.45) is 3.80. The molecule has 19 heavy (non-hydrogen) atoms. The van der Waals surface area contributed by atoms with E-state index in [0.29, 0.717) is 5.02 Å². The van der Waals surface area contributed by atoms with Gasteiger partial charge in [-0.1, -0.05) is 17.7 Å². The average Bonchev–Trinajstić information content (AvgIpc) is 2.66. The van der Waals surface area contributed by atoms with E-state index in [1.165, 1.54) is 18.2 Å². The SMILES string of the molecule is O=C(O)/C=C/c1ccc(N2CCCSCC2)cc1Cl. The number of carbonyl (C=O) groups is 1. The molecule has 3 nitrogen and oxygen atoms in total. The summed E-state index contributed by atoms with van der Waals surface area (Å²) in [6.45, 7) is 2.08. The quantitative estimate of drug-likeness (QED) is 0.868. The van der Waals surface area contributed by atoms with Crippen LogP contribution in [0.15, 0.2) is 24.3 Å². The molecule has 102 valence electrons. The molecule has 0 unspecified atom stereocenters. The van der Waals surface area contributed by atoms with E-state index in [1.54, 1.807) is 0 Å². The Morgan fingerprint density at radius 2 is 2.21 bits per heavy atom. The predicted molar refractivity (Wildman–Crippen MR) is 82.3 cm³/mol. The van der Waals surface area contributed by atoms with Crippen LogP contribution in [0.2, 0.25) is 5.02 Å². The monoisotopic (exact) mass is 297 g/mol. The molecule has 0 aliphatic carbocycles. The predicted octanol–water partition coefficient (Wildman–Crippen LogP) is 3.38. The normalized spacial score (nSPS) is 16.6. The number of carboxylic acids is 1. The fraction of sp³-hybridized carbons (Fsp3) is 0.357. The Balaban J connectivity index is 2.15. The highest BCUT2D eigenvalue weighted by Crippen LogP contribution is 2.26. The van der Waals surface area contributed by atoms with Gasteiger partial charge >= 0.3 is 5.97 Å². The minimum Gasteiger partial charge on any atom is -0.478 e. The number of hydrogen-bond acceptors (Lipinski definition) is 3. The summed E-state index contributed by atoms with van der Waals surface area (Å²) in [5.74, 6) is 1.38. The second-order valence-electron chi connectivity index (χ2n) is 4.33. The molecule has 1 aliphatic rings. The molecule has 1 fully saturated rings. The van der Waals surface area contributed by atoms with E-state index >= 15 is 0 Å². The lowest BCUT2D eigenvalue weighted by atomic mass is 10.1. The topological polar surface area (TPSA) is 40.5 Å². The first-order valence-electron chi connectivity index (χ1n) is 6.20. The van der Waals surface area contributed by atoms with Gasteiger partial charge in [0.25, 0.3) is 0 Å². The van der Waals surface area contributed by atoms with Crippen LogP contribution >= 0.6 is 23.4 Å². The molecule has 1 N–H and O–H groups in total. The summed E-state index contributed by atoms with van der Waals surface area (Å²) in [5, 5.41) is 9.20. The van der Waals surface area contributed by atoms with Crippen molar-refractivity contribution in [2.24, 2.45) is 0 Å². The zero-order valence-electron chi connectivity index (χ0n) is 10.5. The standard InChI is InChI=1S/C14H16ClNO2S/c15-13-10-12(16-6-1-8-19-9-7-16)4-2-11(13)3-5-14(17)18/h2-5,10H,1,6-9H2,(H,17,18)/b5-3+. The van der Waals surface area contributed by atoms with Gasteiger partial charge in [0.05, 0.1) is 0 Å². The molecule has 2 rings (SSSR count). The fourth-order valence-electron chi connectivity index (χ4n) is 2.01. The summed E-state index contributed by atoms with van der Waals surface area (Å²) >= 11 is 8.18. The molecule has 0 bridgehead atoms. The van der Waals surface area contributed by atoms with Crippen LogP contribution in [0.3, 0.4) is 0 Å². The molecule has 1 aliphatic heterocycles. The summed E-state index contributed by atoms with van der Waals surface area (Å²) < 4.78 is 0. The molecule has 1 saturated heterocycles. The lowest BCUT2D eigenvalue weighted by Gasteiger charge is -2.22. The van der Waals surface area contributed by atoms with E-state index in [-0.39, 0.29) is 0 Å². The van der Waals surface area contributed by atoms with Crippen LogP contribution in [0.25, 0.3) is 6.08 Å². The number of anilines is 1. The largest absolute Gasteiger partial charge is 0.478 e. The third kappa shape index (κ3) is 4.18. The molecular formula is C14H16ClNO2S. The van der Waals surface area contributed by atoms with Gasteiger partial charge in [-0.25, -0.2) is 4.79 Å². The zero-order chi connectivity index (χ0) is 13.7. The Bertz CT molecular complexity index is 482. The van der Waals surface area contributed by atoms with Gasteiger partial charge in [0.2, 0.25) is 0 Å². The van der Waals surface area contributed by atoms with E-state index in [0.717, 1.165) is 36.2 Å². The van der Waals surface area contributed by atoms with E-state index in [2.05, 4.69) is 4.90 Å². The van der Waals surface area contributed by atoms with Crippen molar-refractivity contribution >= 4 is 41.1 Å². The van der Waals surface area contributed by atoms with Crippen LogP contribution in [0.4, 0.5) is 5.69 Å². The lowest BCUT2D eigenvalue weighted by Crippen LogP contribution is -2.25. The van der Waals surface area contributed by atoms with Gasteiger partial charge < -0.3 is 10.0 Å². The van der Waals surface area contributed by atoms with Crippen molar-refractivity contribution in [1.29, 1.82) is 0 Å². The van der Waals surface area contributed by atoms with Gasteiger partial charge in [-0.15, -0.1) is 0 Å². The van der Waals surface area contributed by atoms with Crippen LogP contribution in [-0.2, 0) is 4.79 Å². The molecular weight excluding hydrogens is 282 g/mol. The molecule has 0 atom stereocenters. The Morgan fingerprint density at radius 1 is 1.37 bits per heavy atom. The number of aliphatic carboxylic acids is 1. The Hall–Kier alpha value is -1.13. The summed E-state index contributed by atoms with van der Waals surface area (Å²) in [6, 6.07) is 5.79. The number of thioether (sulfide) groups is 1. The van der Waals surface area contributed by atoms with Crippen molar-refractivity contribution in [1.82, 2.24) is 0 Å². The molecule has 0 aromatic heterocycles. The third-order valence-electron chi connectivity index (χ3n) is 2.98. The van der Waals surface area contributed by atoms with Crippen LogP contribution in [0.5, 0.6) is 0 Å². The number of hydrogen-bond donors (Lipinski definition) is 1. The maximum absolute atomic E-state index is 10.5. The molecule has 0 spiro atoms. The maximum atomic E-state index is 10.5. The number of rotatable bonds is 3. The highest BCUT2D eigenvalue weighted by molar-refractivity contribution is 7.99. The van der Waals surface area contributed by atoms with Crippen molar-refractivity contribution < 1.29 is 9.90 Å². The lowest BCUT2D eigenvalue weighted by molar-refractivity contribution is -0.131. The van der Waals surface area contributed by atoms with Crippen LogP contribution in [0, 0.1) is 0 Å². The average molecular weight is 298 g/mol. The first-order chi connectivity index (χ1) is 9.16.